The van der Waals surface area contributed by atoms with Crippen molar-refractivity contribution in [1.29, 1.82) is 0 Å². The molecule has 1 heterocycles. The van der Waals surface area contributed by atoms with Crippen molar-refractivity contribution in [2.45, 2.75) is 6.92 Å². The Kier molecular flexibility index (Phi) is 3.52. The van der Waals surface area contributed by atoms with Gasteiger partial charge in [0.1, 0.15) is 11.3 Å². The van der Waals surface area contributed by atoms with Crippen molar-refractivity contribution >= 4 is 28.9 Å². The second-order valence-corrected chi connectivity index (χ2v) is 4.70. The van der Waals surface area contributed by atoms with Crippen molar-refractivity contribution < 1.29 is 19.8 Å². The highest BCUT2D eigenvalue weighted by Gasteiger charge is 2.13. The lowest BCUT2D eigenvalue weighted by Gasteiger charge is -2.06. The van der Waals surface area contributed by atoms with E-state index >= 15 is 0 Å². The molecule has 2 rings (SSSR count). The van der Waals surface area contributed by atoms with Crippen LogP contribution in [-0.2, 0) is 0 Å². The zero-order valence-electron chi connectivity index (χ0n) is 10.0. The molecule has 19 heavy (non-hydrogen) atoms. The number of carboxylic acids is 1. The van der Waals surface area contributed by atoms with Gasteiger partial charge in [-0.15, -0.1) is 0 Å². The van der Waals surface area contributed by atoms with Crippen LogP contribution in [0.2, 0.25) is 0 Å². The summed E-state index contributed by atoms with van der Waals surface area (Å²) in [7, 11) is 0. The lowest BCUT2D eigenvalue weighted by molar-refractivity contribution is 0.0693. The Morgan fingerprint density at radius 1 is 1.21 bits per heavy atom. The molecular weight excluding hydrogens is 266 g/mol. The van der Waals surface area contributed by atoms with Crippen LogP contribution in [-0.4, -0.2) is 22.1 Å². The Bertz CT molecular complexity index is 648. The minimum Gasteiger partial charge on any atom is -0.507 e. The van der Waals surface area contributed by atoms with E-state index in [1.165, 1.54) is 29.5 Å². The molecule has 6 heteroatoms. The number of carboxylic acid groups (broad SMARTS) is 1. The first kappa shape index (κ1) is 13.1. The average Bonchev–Trinajstić information content (AvgIpc) is 2.75. The summed E-state index contributed by atoms with van der Waals surface area (Å²) in [6, 6.07) is 3.89. The number of carbonyl (C=O) groups excluding carboxylic acids is 1. The molecule has 0 atom stereocenters. The number of phenols is 1. The number of benzene rings is 1. The predicted molar refractivity (Wildman–Crippen MR) is 72.1 cm³/mol. The molecule has 0 unspecified atom stereocenters. The van der Waals surface area contributed by atoms with E-state index in [1.54, 1.807) is 5.38 Å². The lowest BCUT2D eigenvalue weighted by atomic mass is 10.1. The first-order chi connectivity index (χ1) is 8.99. The number of hydrogen-bond acceptors (Lipinski definition) is 4. The number of nitrogens with one attached hydrogen (secondary N) is 1. The third-order valence-corrected chi connectivity index (χ3v) is 3.45. The third kappa shape index (κ3) is 2.74. The number of thiophene rings is 1. The van der Waals surface area contributed by atoms with Crippen LogP contribution in [0.25, 0.3) is 0 Å². The zero-order valence-corrected chi connectivity index (χ0v) is 10.8. The van der Waals surface area contributed by atoms with Gasteiger partial charge in [0.2, 0.25) is 0 Å². The van der Waals surface area contributed by atoms with E-state index in [-0.39, 0.29) is 17.2 Å². The van der Waals surface area contributed by atoms with E-state index in [9.17, 15) is 14.7 Å². The van der Waals surface area contributed by atoms with Crippen LogP contribution in [0, 0.1) is 6.92 Å². The number of aryl methyl sites for hydroxylation is 1. The van der Waals surface area contributed by atoms with Gasteiger partial charge in [-0.25, -0.2) is 4.79 Å². The normalized spacial score (nSPS) is 10.2. The van der Waals surface area contributed by atoms with Crippen molar-refractivity contribution in [2.24, 2.45) is 0 Å². The minimum absolute atomic E-state index is 0.204. The van der Waals surface area contributed by atoms with Gasteiger partial charge in [0, 0.05) is 17.1 Å². The van der Waals surface area contributed by atoms with Crippen molar-refractivity contribution in [2.75, 3.05) is 5.32 Å². The zero-order chi connectivity index (χ0) is 14.0. The number of hydrogen-bond donors (Lipinski definition) is 3. The smallest absolute Gasteiger partial charge is 0.339 e. The summed E-state index contributed by atoms with van der Waals surface area (Å²) in [5.41, 5.74) is 1.57. The van der Waals surface area contributed by atoms with Crippen LogP contribution in [0.1, 0.15) is 26.3 Å². The summed E-state index contributed by atoms with van der Waals surface area (Å²) in [5.74, 6) is -1.89. The predicted octanol–water partition coefficient (Wildman–Crippen LogP) is 2.71. The molecule has 1 amide bonds. The van der Waals surface area contributed by atoms with Crippen molar-refractivity contribution in [3.63, 3.8) is 0 Å². The van der Waals surface area contributed by atoms with E-state index in [1.807, 2.05) is 12.3 Å². The van der Waals surface area contributed by atoms with Gasteiger partial charge in [-0.2, -0.15) is 11.3 Å². The first-order valence-corrected chi connectivity index (χ1v) is 6.34. The van der Waals surface area contributed by atoms with Gasteiger partial charge in [0.25, 0.3) is 5.91 Å². The lowest BCUT2D eigenvalue weighted by Crippen LogP contribution is -2.12. The topological polar surface area (TPSA) is 86.6 Å². The quantitative estimate of drug-likeness (QED) is 0.805. The Morgan fingerprint density at radius 3 is 2.47 bits per heavy atom. The molecule has 0 saturated heterocycles. The molecule has 0 radical (unpaired) electrons. The largest absolute Gasteiger partial charge is 0.507 e. The first-order valence-electron chi connectivity index (χ1n) is 5.39. The van der Waals surface area contributed by atoms with Crippen LogP contribution in [0.3, 0.4) is 0 Å². The summed E-state index contributed by atoms with van der Waals surface area (Å²) >= 11 is 1.43. The maximum absolute atomic E-state index is 11.9. The number of amides is 1. The van der Waals surface area contributed by atoms with Crippen LogP contribution in [0.5, 0.6) is 5.75 Å². The Hall–Kier alpha value is -2.34. The monoisotopic (exact) mass is 277 g/mol. The molecule has 3 N–H and O–H groups in total. The highest BCUT2D eigenvalue weighted by Crippen LogP contribution is 2.23. The number of rotatable bonds is 3. The molecule has 0 saturated carbocycles. The average molecular weight is 277 g/mol. The molecule has 0 bridgehead atoms. The fraction of sp³-hybridized carbons (Fsp3) is 0.0769. The van der Waals surface area contributed by atoms with Gasteiger partial charge in [-0.1, -0.05) is 0 Å². The standard InChI is InChI=1S/C13H11NO4S/c1-7-5-19-6-10(7)12(16)14-8-2-3-9(13(17)18)11(15)4-8/h2-6,15H,1H3,(H,14,16)(H,17,18). The molecule has 98 valence electrons. The van der Waals surface area contributed by atoms with E-state index in [2.05, 4.69) is 5.32 Å². The van der Waals surface area contributed by atoms with Gasteiger partial charge < -0.3 is 15.5 Å². The maximum Gasteiger partial charge on any atom is 0.339 e. The number of aromatic carboxylic acids is 1. The summed E-state index contributed by atoms with van der Waals surface area (Å²) in [4.78, 5) is 22.7. The SMILES string of the molecule is Cc1cscc1C(=O)Nc1ccc(C(=O)O)c(O)c1. The summed E-state index contributed by atoms with van der Waals surface area (Å²) in [6.07, 6.45) is 0. The molecule has 1 aromatic heterocycles. The molecule has 5 nitrogen and oxygen atoms in total. The number of anilines is 1. The van der Waals surface area contributed by atoms with Crippen LogP contribution < -0.4 is 5.32 Å². The molecule has 0 fully saturated rings. The highest BCUT2D eigenvalue weighted by atomic mass is 32.1. The highest BCUT2D eigenvalue weighted by molar-refractivity contribution is 7.08. The third-order valence-electron chi connectivity index (χ3n) is 2.59. The molecule has 0 aliphatic rings. The molecule has 0 aliphatic heterocycles. The molecule has 0 spiro atoms. The summed E-state index contributed by atoms with van der Waals surface area (Å²) < 4.78 is 0. The number of aromatic hydroxyl groups is 1. The van der Waals surface area contributed by atoms with Gasteiger partial charge in [0.05, 0.1) is 5.56 Å². The Morgan fingerprint density at radius 2 is 1.95 bits per heavy atom. The minimum atomic E-state index is -1.22. The van der Waals surface area contributed by atoms with Crippen molar-refractivity contribution in [3.05, 3.63) is 45.6 Å². The second-order valence-electron chi connectivity index (χ2n) is 3.96. The van der Waals surface area contributed by atoms with E-state index in [4.69, 9.17) is 5.11 Å². The Labute approximate surface area is 113 Å². The van der Waals surface area contributed by atoms with Gasteiger partial charge in [-0.3, -0.25) is 4.79 Å². The van der Waals surface area contributed by atoms with Crippen LogP contribution in [0.4, 0.5) is 5.69 Å². The Balaban J connectivity index is 2.21. The van der Waals surface area contributed by atoms with E-state index in [0.29, 0.717) is 11.3 Å². The molecule has 2 aromatic rings. The van der Waals surface area contributed by atoms with Crippen LogP contribution >= 0.6 is 11.3 Å². The maximum atomic E-state index is 11.9. The van der Waals surface area contributed by atoms with Gasteiger partial charge in [-0.05, 0) is 30.0 Å². The molecular formula is C13H11NO4S. The van der Waals surface area contributed by atoms with Gasteiger partial charge in [0.15, 0.2) is 0 Å². The van der Waals surface area contributed by atoms with Gasteiger partial charge >= 0.3 is 5.97 Å². The van der Waals surface area contributed by atoms with Crippen molar-refractivity contribution in [3.8, 4) is 5.75 Å². The second kappa shape index (κ2) is 5.11. The van der Waals surface area contributed by atoms with E-state index in [0.717, 1.165) is 5.56 Å². The summed E-state index contributed by atoms with van der Waals surface area (Å²) in [5, 5.41) is 24.5. The summed E-state index contributed by atoms with van der Waals surface area (Å²) in [6.45, 7) is 1.83. The molecule has 0 aliphatic carbocycles. The number of carbonyl (C=O) groups is 2. The van der Waals surface area contributed by atoms with E-state index < -0.39 is 5.97 Å². The van der Waals surface area contributed by atoms with Crippen molar-refractivity contribution in [1.82, 2.24) is 0 Å². The van der Waals surface area contributed by atoms with Crippen LogP contribution in [0.15, 0.2) is 29.0 Å². The fourth-order valence-corrected chi connectivity index (χ4v) is 2.41. The molecule has 1 aromatic carbocycles. The fourth-order valence-electron chi connectivity index (χ4n) is 1.58.